The van der Waals surface area contributed by atoms with Gasteiger partial charge in [0.05, 0.1) is 19.3 Å². The third-order valence-corrected chi connectivity index (χ3v) is 6.27. The van der Waals surface area contributed by atoms with E-state index in [9.17, 15) is 13.2 Å². The molecule has 0 saturated carbocycles. The smallest absolute Gasteiger partial charge is 0.283 e. The van der Waals surface area contributed by atoms with Crippen LogP contribution in [0.15, 0.2) is 36.4 Å². The van der Waals surface area contributed by atoms with Crippen molar-refractivity contribution in [2.75, 3.05) is 51.3 Å². The second-order valence-electron chi connectivity index (χ2n) is 8.77. The van der Waals surface area contributed by atoms with E-state index >= 15 is 8.78 Å². The van der Waals surface area contributed by atoms with Crippen LogP contribution in [0.4, 0.5) is 27.6 Å². The number of fused-ring (bicyclic) bond motifs is 3. The fourth-order valence-electron chi connectivity index (χ4n) is 4.69. The second kappa shape index (κ2) is 10.9. The van der Waals surface area contributed by atoms with E-state index in [2.05, 4.69) is 15.6 Å². The Morgan fingerprint density at radius 1 is 1.09 bits per heavy atom. The number of anilines is 1. The summed E-state index contributed by atoms with van der Waals surface area (Å²) in [6.07, 6.45) is 0.816. The highest BCUT2D eigenvalue weighted by Crippen LogP contribution is 2.41. The summed E-state index contributed by atoms with van der Waals surface area (Å²) in [7, 11) is 0. The largest absolute Gasteiger partial charge is 0.390 e. The van der Waals surface area contributed by atoms with Crippen molar-refractivity contribution >= 4 is 16.6 Å². The van der Waals surface area contributed by atoms with Crippen LogP contribution in [-0.2, 0) is 6.42 Å². The topological polar surface area (TPSA) is 63.3 Å². The minimum atomic E-state index is -3.43. The highest BCUT2D eigenvalue weighted by Gasteiger charge is 2.40. The zero-order valence-electron chi connectivity index (χ0n) is 19.2. The highest BCUT2D eigenvalue weighted by molar-refractivity contribution is 5.85. The standard InChI is InChI=1S/C25H29F5N4O/c26-7-3-8-31-9-10-32-16-12-19(27)22(20(28)13-16)24-23-18(17-4-1-2-5-21(17)33-23)6-11-34(24)14-25(29,30)15-35/h1-2,4-5,12-13,24,31-33,35H,3,6-11,14-15H2/t24-/m1/s1. The van der Waals surface area contributed by atoms with Gasteiger partial charge in [-0.1, -0.05) is 18.2 Å². The molecule has 4 rings (SSSR count). The minimum absolute atomic E-state index is 0.151. The third kappa shape index (κ3) is 5.60. The molecule has 1 aromatic heterocycles. The summed E-state index contributed by atoms with van der Waals surface area (Å²) in [6.45, 7) is -1.11. The molecule has 35 heavy (non-hydrogen) atoms. The highest BCUT2D eigenvalue weighted by atomic mass is 19.3. The van der Waals surface area contributed by atoms with Crippen LogP contribution in [0.3, 0.4) is 0 Å². The Kier molecular flexibility index (Phi) is 7.93. The predicted molar refractivity (Wildman–Crippen MR) is 126 cm³/mol. The van der Waals surface area contributed by atoms with Gasteiger partial charge in [0.1, 0.15) is 18.2 Å². The molecule has 0 amide bonds. The lowest BCUT2D eigenvalue weighted by atomic mass is 9.91. The van der Waals surface area contributed by atoms with Gasteiger partial charge in [-0.3, -0.25) is 9.29 Å². The second-order valence-corrected chi connectivity index (χ2v) is 8.77. The van der Waals surface area contributed by atoms with Gasteiger partial charge in [-0.05, 0) is 43.1 Å². The van der Waals surface area contributed by atoms with Crippen molar-refractivity contribution in [3.05, 3.63) is 64.9 Å². The summed E-state index contributed by atoms with van der Waals surface area (Å²) in [5.74, 6) is -5.14. The Balaban J connectivity index is 1.66. The number of para-hydroxylation sites is 1. The number of alkyl halides is 3. The van der Waals surface area contributed by atoms with Crippen LogP contribution >= 0.6 is 0 Å². The predicted octanol–water partition coefficient (Wildman–Crippen LogP) is 4.38. The van der Waals surface area contributed by atoms with Crippen LogP contribution < -0.4 is 10.6 Å². The molecule has 1 atom stereocenters. The molecule has 0 bridgehead atoms. The molecular weight excluding hydrogens is 467 g/mol. The lowest BCUT2D eigenvalue weighted by Gasteiger charge is -2.38. The normalized spacial score (nSPS) is 16.6. The lowest BCUT2D eigenvalue weighted by Crippen LogP contribution is -2.45. The van der Waals surface area contributed by atoms with Crippen molar-refractivity contribution in [1.29, 1.82) is 0 Å². The number of hydrogen-bond acceptors (Lipinski definition) is 4. The zero-order chi connectivity index (χ0) is 25.0. The Bertz CT molecular complexity index is 1130. The summed E-state index contributed by atoms with van der Waals surface area (Å²) in [5.41, 5.74) is 1.97. The molecule has 4 N–H and O–H groups in total. The maximum absolute atomic E-state index is 15.4. The average Bonchev–Trinajstić information content (AvgIpc) is 3.20. The summed E-state index contributed by atoms with van der Waals surface area (Å²) in [4.78, 5) is 4.51. The quantitative estimate of drug-likeness (QED) is 0.235. The molecule has 1 aliphatic rings. The van der Waals surface area contributed by atoms with Gasteiger partial charge in [-0.25, -0.2) is 17.6 Å². The maximum Gasteiger partial charge on any atom is 0.283 e. The van der Waals surface area contributed by atoms with Crippen LogP contribution in [0.25, 0.3) is 10.9 Å². The van der Waals surface area contributed by atoms with Crippen LogP contribution in [-0.4, -0.2) is 66.9 Å². The van der Waals surface area contributed by atoms with Crippen LogP contribution in [0.5, 0.6) is 0 Å². The van der Waals surface area contributed by atoms with Gasteiger partial charge in [-0.2, -0.15) is 0 Å². The monoisotopic (exact) mass is 496 g/mol. The number of aromatic nitrogens is 1. The van der Waals surface area contributed by atoms with Crippen molar-refractivity contribution in [1.82, 2.24) is 15.2 Å². The summed E-state index contributed by atoms with van der Waals surface area (Å²) in [6, 6.07) is 8.59. The Morgan fingerprint density at radius 2 is 1.83 bits per heavy atom. The van der Waals surface area contributed by atoms with E-state index in [1.54, 1.807) is 0 Å². The Hall–Kier alpha value is -2.69. The molecule has 5 nitrogen and oxygen atoms in total. The van der Waals surface area contributed by atoms with Gasteiger partial charge >= 0.3 is 0 Å². The van der Waals surface area contributed by atoms with E-state index in [1.165, 1.54) is 4.90 Å². The Morgan fingerprint density at radius 3 is 2.54 bits per heavy atom. The number of nitrogens with zero attached hydrogens (tertiary/aromatic N) is 1. The number of nitrogens with one attached hydrogen (secondary N) is 3. The van der Waals surface area contributed by atoms with Gasteiger partial charge in [0.15, 0.2) is 0 Å². The molecule has 0 aliphatic carbocycles. The van der Waals surface area contributed by atoms with Gasteiger partial charge < -0.3 is 20.7 Å². The van der Waals surface area contributed by atoms with Crippen molar-refractivity contribution in [3.8, 4) is 0 Å². The molecular formula is C25H29F5N4O. The van der Waals surface area contributed by atoms with Crippen LogP contribution in [0.2, 0.25) is 0 Å². The number of aromatic amines is 1. The number of benzene rings is 2. The van der Waals surface area contributed by atoms with E-state index in [0.29, 0.717) is 38.2 Å². The third-order valence-electron chi connectivity index (χ3n) is 6.27. The lowest BCUT2D eigenvalue weighted by molar-refractivity contribution is -0.0791. The van der Waals surface area contributed by atoms with Crippen LogP contribution in [0, 0.1) is 11.6 Å². The van der Waals surface area contributed by atoms with Crippen LogP contribution in [0.1, 0.15) is 29.3 Å². The van der Waals surface area contributed by atoms with Gasteiger partial charge in [-0.15, -0.1) is 0 Å². The molecule has 1 aliphatic heterocycles. The van der Waals surface area contributed by atoms with Crippen molar-refractivity contribution in [2.45, 2.75) is 24.8 Å². The van der Waals surface area contributed by atoms with E-state index in [0.717, 1.165) is 28.6 Å². The summed E-state index contributed by atoms with van der Waals surface area (Å²) >= 11 is 0. The SMILES string of the molecule is OCC(F)(F)CN1CCc2c([nH]c3ccccc23)[C@H]1c1c(F)cc(NCCNCCCF)cc1F. The molecule has 190 valence electrons. The molecule has 0 saturated heterocycles. The number of aliphatic hydroxyl groups excluding tert-OH is 1. The van der Waals surface area contributed by atoms with E-state index < -0.39 is 43.4 Å². The van der Waals surface area contributed by atoms with E-state index in [-0.39, 0.29) is 17.8 Å². The maximum atomic E-state index is 15.4. The molecule has 0 spiro atoms. The molecule has 10 heteroatoms. The molecule has 3 aromatic rings. The number of H-pyrrole nitrogens is 1. The fourth-order valence-corrected chi connectivity index (χ4v) is 4.69. The zero-order valence-corrected chi connectivity index (χ0v) is 19.2. The van der Waals surface area contributed by atoms with Crippen molar-refractivity contribution in [3.63, 3.8) is 0 Å². The molecule has 0 unspecified atom stereocenters. The molecule has 0 radical (unpaired) electrons. The summed E-state index contributed by atoms with van der Waals surface area (Å²) < 4.78 is 71.3. The van der Waals surface area contributed by atoms with Crippen molar-refractivity contribution in [2.24, 2.45) is 0 Å². The number of hydrogen-bond donors (Lipinski definition) is 4. The van der Waals surface area contributed by atoms with Crippen molar-refractivity contribution < 1.29 is 27.1 Å². The number of halogens is 5. The van der Waals surface area contributed by atoms with Gasteiger partial charge in [0.25, 0.3) is 5.92 Å². The van der Waals surface area contributed by atoms with Gasteiger partial charge in [0, 0.05) is 47.5 Å². The molecule has 0 fully saturated rings. The first-order chi connectivity index (χ1) is 16.8. The molecule has 2 heterocycles. The van der Waals surface area contributed by atoms with Gasteiger partial charge in [0.2, 0.25) is 0 Å². The first-order valence-electron chi connectivity index (χ1n) is 11.7. The summed E-state index contributed by atoms with van der Waals surface area (Å²) in [5, 5.41) is 15.9. The average molecular weight is 497 g/mol. The fraction of sp³-hybridized carbons (Fsp3) is 0.440. The minimum Gasteiger partial charge on any atom is -0.390 e. The van der Waals surface area contributed by atoms with E-state index in [4.69, 9.17) is 5.11 Å². The first kappa shape index (κ1) is 25.4. The van der Waals surface area contributed by atoms with E-state index in [1.807, 2.05) is 24.3 Å². The first-order valence-corrected chi connectivity index (χ1v) is 11.7. The Labute approximate surface area is 200 Å². The molecule has 2 aromatic carbocycles. The number of aliphatic hydroxyl groups is 1. The number of rotatable bonds is 11.